The molecule has 170 valence electrons. The van der Waals surface area contributed by atoms with Crippen molar-refractivity contribution >= 4 is 17.6 Å². The van der Waals surface area contributed by atoms with E-state index in [1.807, 2.05) is 41.8 Å². The molecule has 0 bridgehead atoms. The Bertz CT molecular complexity index is 1190. The highest BCUT2D eigenvalue weighted by molar-refractivity contribution is 5.96. The number of carbonyl (C=O) groups excluding carboxylic acids is 2. The molecule has 0 radical (unpaired) electrons. The summed E-state index contributed by atoms with van der Waals surface area (Å²) >= 11 is 0. The van der Waals surface area contributed by atoms with Crippen LogP contribution in [0.25, 0.3) is 0 Å². The SMILES string of the molecule is Cc1nc([C@H]2CCCN2C(=O)c2cn[nH]c2C)nc2c1CCC(=O)N2CCc1ccccc1. The summed E-state index contributed by atoms with van der Waals surface area (Å²) in [4.78, 5) is 39.5. The molecule has 4 heterocycles. The molecule has 0 aliphatic carbocycles. The number of carbonyl (C=O) groups is 2. The first-order valence-corrected chi connectivity index (χ1v) is 11.6. The zero-order valence-electron chi connectivity index (χ0n) is 19.0. The Balaban J connectivity index is 1.45. The summed E-state index contributed by atoms with van der Waals surface area (Å²) in [6.07, 6.45) is 5.17. The molecule has 33 heavy (non-hydrogen) atoms. The van der Waals surface area contributed by atoms with Gasteiger partial charge in [0.05, 0.1) is 17.8 Å². The number of nitrogens with one attached hydrogen (secondary N) is 1. The quantitative estimate of drug-likeness (QED) is 0.651. The molecule has 1 saturated heterocycles. The molecule has 8 heteroatoms. The second kappa shape index (κ2) is 8.77. The van der Waals surface area contributed by atoms with Crippen LogP contribution in [0, 0.1) is 13.8 Å². The van der Waals surface area contributed by atoms with Gasteiger partial charge in [-0.2, -0.15) is 5.10 Å². The average molecular weight is 445 g/mol. The molecule has 1 aromatic carbocycles. The van der Waals surface area contributed by atoms with Crippen LogP contribution in [-0.4, -0.2) is 50.0 Å². The maximum absolute atomic E-state index is 13.2. The van der Waals surface area contributed by atoms with Gasteiger partial charge in [-0.1, -0.05) is 30.3 Å². The molecule has 1 N–H and O–H groups in total. The Morgan fingerprint density at radius 3 is 2.73 bits per heavy atom. The molecule has 2 aliphatic heterocycles. The van der Waals surface area contributed by atoms with E-state index < -0.39 is 0 Å². The number of amides is 2. The molecular weight excluding hydrogens is 416 g/mol. The Hall–Kier alpha value is -3.55. The van der Waals surface area contributed by atoms with Crippen LogP contribution in [0.1, 0.15) is 64.0 Å². The summed E-state index contributed by atoms with van der Waals surface area (Å²) in [6.45, 7) is 5.06. The van der Waals surface area contributed by atoms with Gasteiger partial charge in [0, 0.05) is 36.5 Å². The van der Waals surface area contributed by atoms with Gasteiger partial charge in [-0.05, 0) is 45.1 Å². The van der Waals surface area contributed by atoms with Gasteiger partial charge < -0.3 is 4.90 Å². The van der Waals surface area contributed by atoms with E-state index in [4.69, 9.17) is 9.97 Å². The molecule has 1 fully saturated rings. The molecule has 0 saturated carbocycles. The van der Waals surface area contributed by atoms with E-state index in [1.54, 1.807) is 6.20 Å². The highest BCUT2D eigenvalue weighted by Gasteiger charge is 2.36. The van der Waals surface area contributed by atoms with Crippen molar-refractivity contribution in [3.63, 3.8) is 0 Å². The predicted molar refractivity (Wildman–Crippen MR) is 124 cm³/mol. The molecule has 2 aliphatic rings. The molecule has 1 atom stereocenters. The van der Waals surface area contributed by atoms with Crippen molar-refractivity contribution in [2.75, 3.05) is 18.0 Å². The largest absolute Gasteiger partial charge is 0.328 e. The number of anilines is 1. The minimum absolute atomic E-state index is 0.0558. The van der Waals surface area contributed by atoms with Crippen molar-refractivity contribution in [2.45, 2.75) is 52.0 Å². The third kappa shape index (κ3) is 4.01. The number of nitrogens with zero attached hydrogens (tertiary/aromatic N) is 5. The van der Waals surface area contributed by atoms with Crippen molar-refractivity contribution in [1.82, 2.24) is 25.1 Å². The van der Waals surface area contributed by atoms with Gasteiger partial charge in [-0.25, -0.2) is 9.97 Å². The highest BCUT2D eigenvalue weighted by atomic mass is 16.2. The number of H-pyrrole nitrogens is 1. The van der Waals surface area contributed by atoms with Gasteiger partial charge in [-0.15, -0.1) is 0 Å². The van der Waals surface area contributed by atoms with Crippen LogP contribution in [0.15, 0.2) is 36.5 Å². The summed E-state index contributed by atoms with van der Waals surface area (Å²) in [5.41, 5.74) is 4.45. The van der Waals surface area contributed by atoms with E-state index in [-0.39, 0.29) is 17.9 Å². The maximum atomic E-state index is 13.2. The number of hydrogen-bond acceptors (Lipinski definition) is 5. The molecule has 2 amide bonds. The number of rotatable bonds is 5. The molecule has 2 aromatic heterocycles. The van der Waals surface area contributed by atoms with E-state index in [0.29, 0.717) is 43.1 Å². The number of likely N-dealkylation sites (tertiary alicyclic amines) is 1. The lowest BCUT2D eigenvalue weighted by atomic mass is 10.0. The summed E-state index contributed by atoms with van der Waals surface area (Å²) in [7, 11) is 0. The second-order valence-electron chi connectivity index (χ2n) is 8.82. The fraction of sp³-hybridized carbons (Fsp3) is 0.400. The minimum atomic E-state index is -0.205. The number of hydrogen-bond donors (Lipinski definition) is 1. The third-order valence-electron chi connectivity index (χ3n) is 6.69. The predicted octanol–water partition coefficient (Wildman–Crippen LogP) is 3.32. The van der Waals surface area contributed by atoms with Gasteiger partial charge in [0.1, 0.15) is 5.82 Å². The van der Waals surface area contributed by atoms with E-state index in [0.717, 1.165) is 36.2 Å². The standard InChI is InChI=1S/C25H28N6O2/c1-16-19-10-11-22(32)31(14-12-18-7-4-3-5-8-18)24(19)28-23(27-16)21-9-6-13-30(21)25(33)20-15-26-29-17(20)2/h3-5,7-8,15,21H,6,9-14H2,1-2H3,(H,26,29)/t21-/m1/s1. The van der Waals surface area contributed by atoms with Crippen LogP contribution in [0.3, 0.4) is 0 Å². The van der Waals surface area contributed by atoms with E-state index in [1.165, 1.54) is 5.56 Å². The first kappa shape index (κ1) is 21.3. The van der Waals surface area contributed by atoms with Gasteiger partial charge in [0.15, 0.2) is 5.82 Å². The summed E-state index contributed by atoms with van der Waals surface area (Å²) in [5, 5.41) is 6.84. The van der Waals surface area contributed by atoms with E-state index in [2.05, 4.69) is 22.3 Å². The Labute approximate surface area is 193 Å². The van der Waals surface area contributed by atoms with Crippen molar-refractivity contribution in [2.24, 2.45) is 0 Å². The molecule has 0 unspecified atom stereocenters. The third-order valence-corrected chi connectivity index (χ3v) is 6.69. The number of aromatic amines is 1. The van der Waals surface area contributed by atoms with Crippen LogP contribution in [0.4, 0.5) is 5.82 Å². The van der Waals surface area contributed by atoms with Crippen molar-refractivity contribution < 1.29 is 9.59 Å². The van der Waals surface area contributed by atoms with Crippen LogP contribution >= 0.6 is 0 Å². The minimum Gasteiger partial charge on any atom is -0.328 e. The monoisotopic (exact) mass is 444 g/mol. The summed E-state index contributed by atoms with van der Waals surface area (Å²) in [5.74, 6) is 1.37. The lowest BCUT2D eigenvalue weighted by molar-refractivity contribution is -0.118. The summed E-state index contributed by atoms with van der Waals surface area (Å²) in [6, 6.07) is 9.97. The number of aromatic nitrogens is 4. The number of benzene rings is 1. The van der Waals surface area contributed by atoms with Gasteiger partial charge in [-0.3, -0.25) is 19.6 Å². The lowest BCUT2D eigenvalue weighted by Crippen LogP contribution is -2.39. The van der Waals surface area contributed by atoms with Crippen molar-refractivity contribution in [3.8, 4) is 0 Å². The normalized spacial score (nSPS) is 18.0. The maximum Gasteiger partial charge on any atom is 0.257 e. The second-order valence-corrected chi connectivity index (χ2v) is 8.82. The Kier molecular flexibility index (Phi) is 5.66. The smallest absolute Gasteiger partial charge is 0.257 e. The van der Waals surface area contributed by atoms with Crippen LogP contribution < -0.4 is 4.90 Å². The van der Waals surface area contributed by atoms with Gasteiger partial charge in [0.2, 0.25) is 5.91 Å². The molecule has 8 nitrogen and oxygen atoms in total. The van der Waals surface area contributed by atoms with Crippen LogP contribution in [0.5, 0.6) is 0 Å². The topological polar surface area (TPSA) is 95.1 Å². The van der Waals surface area contributed by atoms with Crippen LogP contribution in [0.2, 0.25) is 0 Å². The Morgan fingerprint density at radius 1 is 1.15 bits per heavy atom. The summed E-state index contributed by atoms with van der Waals surface area (Å²) < 4.78 is 0. The molecule has 0 spiro atoms. The van der Waals surface area contributed by atoms with Crippen molar-refractivity contribution in [3.05, 3.63) is 70.4 Å². The zero-order chi connectivity index (χ0) is 22.9. The van der Waals surface area contributed by atoms with E-state index in [9.17, 15) is 9.59 Å². The number of fused-ring (bicyclic) bond motifs is 1. The number of aryl methyl sites for hydroxylation is 2. The molecular formula is C25H28N6O2. The fourth-order valence-electron chi connectivity index (χ4n) is 4.87. The van der Waals surface area contributed by atoms with E-state index >= 15 is 0 Å². The van der Waals surface area contributed by atoms with Gasteiger partial charge in [0.25, 0.3) is 5.91 Å². The zero-order valence-corrected chi connectivity index (χ0v) is 19.0. The van der Waals surface area contributed by atoms with Crippen LogP contribution in [-0.2, 0) is 17.6 Å². The fourth-order valence-corrected chi connectivity index (χ4v) is 4.87. The van der Waals surface area contributed by atoms with Gasteiger partial charge >= 0.3 is 0 Å². The Morgan fingerprint density at radius 2 is 1.97 bits per heavy atom. The first-order valence-electron chi connectivity index (χ1n) is 11.6. The first-order chi connectivity index (χ1) is 16.0. The molecule has 5 rings (SSSR count). The highest BCUT2D eigenvalue weighted by Crippen LogP contribution is 2.35. The lowest BCUT2D eigenvalue weighted by Gasteiger charge is -2.31. The molecule has 3 aromatic rings. The van der Waals surface area contributed by atoms with Crippen molar-refractivity contribution in [1.29, 1.82) is 0 Å². The average Bonchev–Trinajstić information content (AvgIpc) is 3.48.